The Morgan fingerprint density at radius 1 is 1.00 bits per heavy atom. The molecule has 0 saturated heterocycles. The lowest BCUT2D eigenvalue weighted by Gasteiger charge is -2.39. The molecule has 114 valence electrons. The van der Waals surface area contributed by atoms with E-state index in [9.17, 15) is 0 Å². The quantitative estimate of drug-likeness (QED) is 0.495. The maximum atomic E-state index is 2.47. The molecule has 1 saturated carbocycles. The van der Waals surface area contributed by atoms with Crippen LogP contribution in [0.5, 0.6) is 0 Å². The Labute approximate surface area is 147 Å². The van der Waals surface area contributed by atoms with Crippen LogP contribution in [-0.4, -0.2) is 0 Å². The maximum Gasteiger partial charge on any atom is 0.0133 e. The van der Waals surface area contributed by atoms with Gasteiger partial charge in [0, 0.05) is 3.57 Å². The van der Waals surface area contributed by atoms with E-state index in [1.54, 1.807) is 16.7 Å². The summed E-state index contributed by atoms with van der Waals surface area (Å²) in [5.41, 5.74) is 5.11. The molecule has 22 heavy (non-hydrogen) atoms. The smallest absolute Gasteiger partial charge is 0.0133 e. The highest BCUT2D eigenvalue weighted by Gasteiger charge is 2.48. The number of rotatable bonds is 1. The fourth-order valence-corrected chi connectivity index (χ4v) is 5.47. The molecule has 0 N–H and O–H groups in total. The molecule has 4 rings (SSSR count). The van der Waals surface area contributed by atoms with Crippen LogP contribution in [0.4, 0.5) is 0 Å². The van der Waals surface area contributed by atoms with E-state index in [0.717, 1.165) is 17.8 Å². The normalized spacial score (nSPS) is 29.0. The van der Waals surface area contributed by atoms with Gasteiger partial charge in [-0.15, -0.1) is 0 Å². The molecule has 3 unspecified atom stereocenters. The summed E-state index contributed by atoms with van der Waals surface area (Å²) in [5.74, 6) is 2.32. The van der Waals surface area contributed by atoms with Crippen molar-refractivity contribution in [3.8, 4) is 0 Å². The topological polar surface area (TPSA) is 0 Å². The Morgan fingerprint density at radius 2 is 1.77 bits per heavy atom. The fourth-order valence-electron chi connectivity index (χ4n) is 4.98. The van der Waals surface area contributed by atoms with Gasteiger partial charge in [0.25, 0.3) is 0 Å². The van der Waals surface area contributed by atoms with Crippen molar-refractivity contribution >= 4 is 22.6 Å². The summed E-state index contributed by atoms with van der Waals surface area (Å²) in [4.78, 5) is 0. The summed E-state index contributed by atoms with van der Waals surface area (Å²) in [6, 6.07) is 18.3. The second kappa shape index (κ2) is 5.36. The van der Waals surface area contributed by atoms with Crippen LogP contribution >= 0.6 is 22.6 Å². The second-order valence-corrected chi connectivity index (χ2v) is 8.83. The molecular formula is C21H23I. The van der Waals surface area contributed by atoms with E-state index in [0.29, 0.717) is 5.41 Å². The molecule has 0 aliphatic heterocycles. The zero-order valence-corrected chi connectivity index (χ0v) is 15.5. The minimum Gasteiger partial charge on any atom is -0.0622 e. The number of hydrogen-bond acceptors (Lipinski definition) is 0. The van der Waals surface area contributed by atoms with E-state index < -0.39 is 0 Å². The van der Waals surface area contributed by atoms with Gasteiger partial charge in [-0.05, 0) is 93.8 Å². The van der Waals surface area contributed by atoms with Crippen LogP contribution in [0.2, 0.25) is 0 Å². The van der Waals surface area contributed by atoms with Gasteiger partial charge < -0.3 is 0 Å². The lowest BCUT2D eigenvalue weighted by atomic mass is 9.65. The van der Waals surface area contributed by atoms with Crippen molar-refractivity contribution in [1.29, 1.82) is 0 Å². The molecule has 2 aromatic rings. The summed E-state index contributed by atoms with van der Waals surface area (Å²) in [6.45, 7) is 4.94. The predicted octanol–water partition coefficient (Wildman–Crippen LogP) is 6.25. The molecule has 1 fully saturated rings. The second-order valence-electron chi connectivity index (χ2n) is 7.59. The highest BCUT2D eigenvalue weighted by atomic mass is 127. The van der Waals surface area contributed by atoms with Crippen molar-refractivity contribution in [2.45, 2.75) is 50.4 Å². The van der Waals surface area contributed by atoms with Gasteiger partial charge in [0.05, 0.1) is 0 Å². The first kappa shape index (κ1) is 14.7. The monoisotopic (exact) mass is 402 g/mol. The van der Waals surface area contributed by atoms with Crippen LogP contribution in [0, 0.1) is 9.49 Å². The third-order valence-electron chi connectivity index (χ3n) is 6.16. The van der Waals surface area contributed by atoms with Crippen LogP contribution in [-0.2, 0) is 5.41 Å². The average molecular weight is 402 g/mol. The molecule has 0 aromatic heterocycles. The van der Waals surface area contributed by atoms with Crippen LogP contribution in [0.25, 0.3) is 0 Å². The Balaban J connectivity index is 1.69. The Hall–Kier alpha value is -0.830. The average Bonchev–Trinajstić information content (AvgIpc) is 2.76. The largest absolute Gasteiger partial charge is 0.0622 e. The van der Waals surface area contributed by atoms with Crippen molar-refractivity contribution in [2.75, 3.05) is 0 Å². The lowest BCUT2D eigenvalue weighted by Crippen LogP contribution is -2.30. The number of halogens is 1. The third-order valence-corrected chi connectivity index (χ3v) is 6.83. The van der Waals surface area contributed by atoms with Crippen LogP contribution in [0.15, 0.2) is 48.5 Å². The number of benzene rings is 2. The highest BCUT2D eigenvalue weighted by Crippen LogP contribution is 2.58. The van der Waals surface area contributed by atoms with Crippen molar-refractivity contribution in [2.24, 2.45) is 5.92 Å². The van der Waals surface area contributed by atoms with Gasteiger partial charge in [0.1, 0.15) is 0 Å². The van der Waals surface area contributed by atoms with Crippen LogP contribution in [0.1, 0.15) is 61.6 Å². The summed E-state index contributed by atoms with van der Waals surface area (Å²) >= 11 is 2.46. The fraction of sp³-hybridized carbons (Fsp3) is 0.429. The highest BCUT2D eigenvalue weighted by molar-refractivity contribution is 14.1. The minimum atomic E-state index is 0.314. The zero-order chi connectivity index (χ0) is 15.3. The van der Waals surface area contributed by atoms with E-state index in [1.165, 1.54) is 22.8 Å². The van der Waals surface area contributed by atoms with Crippen molar-refractivity contribution in [1.82, 2.24) is 0 Å². The van der Waals surface area contributed by atoms with Crippen molar-refractivity contribution in [3.05, 3.63) is 68.8 Å². The molecule has 2 aliphatic rings. The van der Waals surface area contributed by atoms with Gasteiger partial charge >= 0.3 is 0 Å². The number of hydrogen-bond donors (Lipinski definition) is 0. The van der Waals surface area contributed by atoms with E-state index in [4.69, 9.17) is 0 Å². The van der Waals surface area contributed by atoms with E-state index in [1.807, 2.05) is 0 Å². The Bertz CT molecular complexity index is 686. The predicted molar refractivity (Wildman–Crippen MR) is 101 cm³/mol. The minimum absolute atomic E-state index is 0.314. The summed E-state index contributed by atoms with van der Waals surface area (Å²) in [5, 5.41) is 0. The van der Waals surface area contributed by atoms with E-state index >= 15 is 0 Å². The molecule has 3 atom stereocenters. The molecule has 0 nitrogen and oxygen atoms in total. The molecule has 2 aromatic carbocycles. The molecule has 0 heterocycles. The summed E-state index contributed by atoms with van der Waals surface area (Å²) < 4.78 is 1.38. The molecule has 1 heteroatoms. The van der Waals surface area contributed by atoms with Gasteiger partial charge in [-0.3, -0.25) is 0 Å². The lowest BCUT2D eigenvalue weighted by molar-refractivity contribution is 0.212. The van der Waals surface area contributed by atoms with Gasteiger partial charge in [-0.25, -0.2) is 0 Å². The molecular weight excluding hydrogens is 379 g/mol. The molecule has 0 radical (unpaired) electrons. The van der Waals surface area contributed by atoms with Crippen molar-refractivity contribution < 1.29 is 0 Å². The van der Waals surface area contributed by atoms with E-state index in [-0.39, 0.29) is 0 Å². The van der Waals surface area contributed by atoms with Crippen LogP contribution in [0.3, 0.4) is 0 Å². The van der Waals surface area contributed by atoms with Gasteiger partial charge in [0.2, 0.25) is 0 Å². The van der Waals surface area contributed by atoms with Gasteiger partial charge in [-0.1, -0.05) is 50.2 Å². The van der Waals surface area contributed by atoms with E-state index in [2.05, 4.69) is 85.0 Å². The Morgan fingerprint density at radius 3 is 2.55 bits per heavy atom. The number of fused-ring (bicyclic) bond motifs is 3. The molecule has 2 aliphatic carbocycles. The van der Waals surface area contributed by atoms with Gasteiger partial charge in [0.15, 0.2) is 0 Å². The first-order valence-electron chi connectivity index (χ1n) is 8.42. The maximum absolute atomic E-state index is 2.47. The molecule has 0 amide bonds. The first-order chi connectivity index (χ1) is 10.6. The standard InChI is InChI=1S/C21H23I/c1-21(2)19-12-15(14-6-4-3-5-7-14)8-10-17(19)18-11-9-16(22)13-20(18)21/h3-7,9,11,13,15,17,19H,8,10,12H2,1-2H3. The summed E-state index contributed by atoms with van der Waals surface area (Å²) in [7, 11) is 0. The van der Waals surface area contributed by atoms with Gasteiger partial charge in [-0.2, -0.15) is 0 Å². The molecule has 0 spiro atoms. The zero-order valence-electron chi connectivity index (χ0n) is 13.4. The SMILES string of the molecule is CC1(C)c2cc(I)ccc2C2CCC(c3ccccc3)CC21. The Kier molecular flexibility index (Phi) is 3.60. The molecule has 0 bridgehead atoms. The van der Waals surface area contributed by atoms with Crippen molar-refractivity contribution in [3.63, 3.8) is 0 Å². The third kappa shape index (κ3) is 2.24. The summed E-state index contributed by atoms with van der Waals surface area (Å²) in [6.07, 6.45) is 4.03. The van der Waals surface area contributed by atoms with Crippen LogP contribution < -0.4 is 0 Å². The first-order valence-corrected chi connectivity index (χ1v) is 9.50.